The zero-order valence-corrected chi connectivity index (χ0v) is 14.6. The Bertz CT molecular complexity index is 365. The summed E-state index contributed by atoms with van der Waals surface area (Å²) >= 11 is 0. The fraction of sp³-hybridized carbons (Fsp3) is 0.909. The lowest BCUT2D eigenvalue weighted by Gasteiger charge is -2.21. The van der Waals surface area contributed by atoms with Crippen molar-refractivity contribution in [2.75, 3.05) is 31.9 Å². The van der Waals surface area contributed by atoms with E-state index in [1.807, 2.05) is 0 Å². The van der Waals surface area contributed by atoms with Gasteiger partial charge in [0.15, 0.2) is 5.96 Å². The summed E-state index contributed by atoms with van der Waals surface area (Å²) in [4.78, 5) is 6.30. The molecule has 1 heterocycles. The number of rotatable bonds is 5. The predicted octanol–water partition coefficient (Wildman–Crippen LogP) is 0.734. The van der Waals surface area contributed by atoms with E-state index in [9.17, 15) is 8.42 Å². The second-order valence-corrected chi connectivity index (χ2v) is 6.53. The summed E-state index contributed by atoms with van der Waals surface area (Å²) in [6, 6.07) is 0. The molecule has 0 aromatic rings. The zero-order valence-electron chi connectivity index (χ0n) is 11.5. The predicted molar refractivity (Wildman–Crippen MR) is 89.4 cm³/mol. The smallest absolute Gasteiger partial charge is 0.211 e. The van der Waals surface area contributed by atoms with Crippen LogP contribution in [-0.2, 0) is 10.0 Å². The van der Waals surface area contributed by atoms with Gasteiger partial charge in [0.05, 0.1) is 12.3 Å². The largest absolute Gasteiger partial charge is 0.370 e. The molecule has 1 aliphatic rings. The molecule has 0 saturated carbocycles. The molecule has 1 saturated heterocycles. The van der Waals surface area contributed by atoms with Gasteiger partial charge in [-0.3, -0.25) is 4.99 Å². The fourth-order valence-electron chi connectivity index (χ4n) is 1.87. The molecular formula is C11H25IN4O2S. The van der Waals surface area contributed by atoms with Crippen LogP contribution in [0.4, 0.5) is 0 Å². The van der Waals surface area contributed by atoms with Crippen LogP contribution in [-0.4, -0.2) is 51.2 Å². The van der Waals surface area contributed by atoms with Gasteiger partial charge < -0.3 is 10.6 Å². The first-order valence-electron chi connectivity index (χ1n) is 6.57. The van der Waals surface area contributed by atoms with Crippen LogP contribution in [0.1, 0.15) is 32.6 Å². The van der Waals surface area contributed by atoms with Crippen molar-refractivity contribution in [3.63, 3.8) is 0 Å². The van der Waals surface area contributed by atoms with Crippen molar-refractivity contribution in [1.82, 2.24) is 9.62 Å². The quantitative estimate of drug-likeness (QED) is 0.306. The van der Waals surface area contributed by atoms with E-state index in [2.05, 4.69) is 14.6 Å². The first-order chi connectivity index (χ1) is 8.55. The molecule has 1 aliphatic heterocycles. The molecule has 0 radical (unpaired) electrons. The monoisotopic (exact) mass is 404 g/mol. The fourth-order valence-corrected chi connectivity index (χ4v) is 2.48. The second-order valence-electron chi connectivity index (χ2n) is 4.44. The normalized spacial score (nSPS) is 17.7. The van der Waals surface area contributed by atoms with Gasteiger partial charge in [0, 0.05) is 19.6 Å². The number of nitrogens with one attached hydrogen (secondary N) is 1. The third kappa shape index (κ3) is 7.93. The van der Waals surface area contributed by atoms with E-state index in [0.717, 1.165) is 25.9 Å². The van der Waals surface area contributed by atoms with Crippen LogP contribution in [0.5, 0.6) is 0 Å². The summed E-state index contributed by atoms with van der Waals surface area (Å²) in [5.74, 6) is 0.630. The average Bonchev–Trinajstić information content (AvgIpc) is 2.63. The van der Waals surface area contributed by atoms with Crippen LogP contribution in [0, 0.1) is 0 Å². The highest BCUT2D eigenvalue weighted by molar-refractivity contribution is 14.0. The van der Waals surface area contributed by atoms with E-state index in [-0.39, 0.29) is 29.7 Å². The minimum atomic E-state index is -3.12. The Morgan fingerprint density at radius 3 is 2.37 bits per heavy atom. The maximum atomic E-state index is 11.2. The van der Waals surface area contributed by atoms with Crippen LogP contribution < -0.4 is 10.5 Å². The summed E-state index contributed by atoms with van der Waals surface area (Å²) in [5, 5.41) is 0. The first-order valence-corrected chi connectivity index (χ1v) is 8.22. The van der Waals surface area contributed by atoms with Gasteiger partial charge in [-0.05, 0) is 19.8 Å². The highest BCUT2D eigenvalue weighted by Gasteiger charge is 2.10. The number of halogens is 1. The number of nitrogens with zero attached hydrogens (tertiary/aromatic N) is 2. The number of likely N-dealkylation sites (tertiary alicyclic amines) is 1. The summed E-state index contributed by atoms with van der Waals surface area (Å²) in [7, 11) is -3.12. The topological polar surface area (TPSA) is 87.8 Å². The lowest BCUT2D eigenvalue weighted by molar-refractivity contribution is 0.428. The minimum absolute atomic E-state index is 0. The number of sulfonamides is 1. The summed E-state index contributed by atoms with van der Waals surface area (Å²) < 4.78 is 24.9. The minimum Gasteiger partial charge on any atom is -0.370 e. The molecule has 0 unspecified atom stereocenters. The van der Waals surface area contributed by atoms with Crippen LogP contribution in [0.15, 0.2) is 4.99 Å². The maximum Gasteiger partial charge on any atom is 0.211 e. The Morgan fingerprint density at radius 1 is 1.26 bits per heavy atom. The summed E-state index contributed by atoms with van der Waals surface area (Å²) in [6.45, 7) is 4.22. The van der Waals surface area contributed by atoms with Crippen molar-refractivity contribution < 1.29 is 8.42 Å². The molecule has 0 aromatic carbocycles. The van der Waals surface area contributed by atoms with Gasteiger partial charge in [0.25, 0.3) is 0 Å². The van der Waals surface area contributed by atoms with Crippen molar-refractivity contribution in [2.24, 2.45) is 10.7 Å². The molecule has 0 bridgehead atoms. The SMILES string of the molecule is CCS(=O)(=O)NCCN=C(N)N1CCCCCC1.I. The molecule has 1 fully saturated rings. The third-order valence-electron chi connectivity index (χ3n) is 3.02. The number of guanidine groups is 1. The van der Waals surface area contributed by atoms with Crippen molar-refractivity contribution in [3.8, 4) is 0 Å². The number of nitrogens with two attached hydrogens (primary N) is 1. The molecule has 0 atom stereocenters. The molecule has 0 spiro atoms. The lowest BCUT2D eigenvalue weighted by Crippen LogP contribution is -2.38. The van der Waals surface area contributed by atoms with Crippen LogP contribution >= 0.6 is 24.0 Å². The Hall–Kier alpha value is -0.0900. The Labute approximate surface area is 133 Å². The molecule has 8 heteroatoms. The van der Waals surface area contributed by atoms with Gasteiger partial charge in [-0.2, -0.15) is 0 Å². The Morgan fingerprint density at radius 2 is 1.84 bits per heavy atom. The zero-order chi connectivity index (χ0) is 13.4. The van der Waals surface area contributed by atoms with E-state index in [4.69, 9.17) is 5.73 Å². The van der Waals surface area contributed by atoms with E-state index in [1.165, 1.54) is 12.8 Å². The first kappa shape index (κ1) is 18.9. The van der Waals surface area contributed by atoms with Crippen LogP contribution in [0.2, 0.25) is 0 Å². The van der Waals surface area contributed by atoms with Crippen molar-refractivity contribution >= 4 is 40.0 Å². The molecule has 6 nitrogen and oxygen atoms in total. The van der Waals surface area contributed by atoms with E-state index >= 15 is 0 Å². The third-order valence-corrected chi connectivity index (χ3v) is 4.42. The summed E-state index contributed by atoms with van der Waals surface area (Å²) in [6.07, 6.45) is 4.80. The highest BCUT2D eigenvalue weighted by Crippen LogP contribution is 2.08. The van der Waals surface area contributed by atoms with Gasteiger partial charge in [-0.15, -0.1) is 24.0 Å². The molecule has 19 heavy (non-hydrogen) atoms. The molecule has 1 rings (SSSR count). The summed E-state index contributed by atoms with van der Waals surface area (Å²) in [5.41, 5.74) is 5.90. The van der Waals surface area contributed by atoms with Crippen molar-refractivity contribution in [3.05, 3.63) is 0 Å². The van der Waals surface area contributed by atoms with Crippen LogP contribution in [0.25, 0.3) is 0 Å². The van der Waals surface area contributed by atoms with E-state index < -0.39 is 10.0 Å². The van der Waals surface area contributed by atoms with E-state index in [0.29, 0.717) is 19.0 Å². The second kappa shape index (κ2) is 9.76. The van der Waals surface area contributed by atoms with Crippen LogP contribution in [0.3, 0.4) is 0 Å². The molecule has 114 valence electrons. The Kier molecular flexibility index (Phi) is 9.71. The van der Waals surface area contributed by atoms with Gasteiger partial charge in [-0.1, -0.05) is 12.8 Å². The van der Waals surface area contributed by atoms with Crippen molar-refractivity contribution in [2.45, 2.75) is 32.6 Å². The van der Waals surface area contributed by atoms with Gasteiger partial charge in [-0.25, -0.2) is 13.1 Å². The van der Waals surface area contributed by atoms with Crippen molar-refractivity contribution in [1.29, 1.82) is 0 Å². The van der Waals surface area contributed by atoms with Gasteiger partial charge >= 0.3 is 0 Å². The number of hydrogen-bond acceptors (Lipinski definition) is 3. The highest BCUT2D eigenvalue weighted by atomic mass is 127. The Balaban J connectivity index is 0.00000324. The van der Waals surface area contributed by atoms with Gasteiger partial charge in [0.1, 0.15) is 0 Å². The van der Waals surface area contributed by atoms with Gasteiger partial charge in [0.2, 0.25) is 10.0 Å². The maximum absolute atomic E-state index is 11.2. The average molecular weight is 404 g/mol. The molecule has 0 aromatic heterocycles. The molecule has 0 aliphatic carbocycles. The molecule has 3 N–H and O–H groups in total. The molecule has 0 amide bonds. The number of aliphatic imine (C=N–C) groups is 1. The number of hydrogen-bond donors (Lipinski definition) is 2. The molecular weight excluding hydrogens is 379 g/mol. The lowest BCUT2D eigenvalue weighted by atomic mass is 10.2. The van der Waals surface area contributed by atoms with E-state index in [1.54, 1.807) is 6.92 Å². The standard InChI is InChI=1S/C11H24N4O2S.HI/c1-2-18(16,17)14-8-7-13-11(12)15-9-5-3-4-6-10-15;/h14H,2-10H2,1H3,(H2,12,13);1H.